The molecule has 0 spiro atoms. The largest absolute Gasteiger partial charge is 0.497 e. The van der Waals surface area contributed by atoms with E-state index in [-0.39, 0.29) is 32.2 Å². The maximum absolute atomic E-state index is 13.9. The highest BCUT2D eigenvalue weighted by atomic mass is 32.1. The Morgan fingerprint density at radius 2 is 1.81 bits per heavy atom. The number of rotatable bonds is 4. The molecule has 164 valence electrons. The van der Waals surface area contributed by atoms with Gasteiger partial charge in [-0.3, -0.25) is 4.79 Å². The Kier molecular flexibility index (Phi) is 5.47. The summed E-state index contributed by atoms with van der Waals surface area (Å²) < 4.78 is 60.6. The van der Waals surface area contributed by atoms with Gasteiger partial charge in [0.25, 0.3) is 5.91 Å². The maximum Gasteiger partial charge on any atom is 0.417 e. The first-order valence-electron chi connectivity index (χ1n) is 9.19. The SMILES string of the molecule is COc1ccc(-c2cc(C(F)(F)F)c3c(N)c(C(=O)Nc4ccccc4F)sc3n2)cc1. The molecule has 1 amide bonds. The van der Waals surface area contributed by atoms with Crippen LogP contribution in [0.3, 0.4) is 0 Å². The number of anilines is 2. The number of nitrogens with two attached hydrogens (primary N) is 1. The molecule has 10 heteroatoms. The molecular weight excluding hydrogens is 446 g/mol. The molecule has 32 heavy (non-hydrogen) atoms. The van der Waals surface area contributed by atoms with E-state index in [0.717, 1.165) is 12.1 Å². The van der Waals surface area contributed by atoms with Crippen LogP contribution in [0.1, 0.15) is 15.2 Å². The number of pyridine rings is 1. The molecule has 0 aliphatic heterocycles. The summed E-state index contributed by atoms with van der Waals surface area (Å²) in [6, 6.07) is 12.7. The summed E-state index contributed by atoms with van der Waals surface area (Å²) in [4.78, 5) is 16.7. The fraction of sp³-hybridized carbons (Fsp3) is 0.0909. The Morgan fingerprint density at radius 1 is 1.12 bits per heavy atom. The van der Waals surface area contributed by atoms with E-state index in [0.29, 0.717) is 22.6 Å². The Hall–Kier alpha value is -3.66. The Labute approximate surface area is 183 Å². The summed E-state index contributed by atoms with van der Waals surface area (Å²) in [5, 5.41) is 1.98. The molecule has 3 N–H and O–H groups in total. The second-order valence-electron chi connectivity index (χ2n) is 6.74. The lowest BCUT2D eigenvalue weighted by molar-refractivity contribution is -0.136. The zero-order chi connectivity index (χ0) is 23.0. The van der Waals surface area contributed by atoms with Crippen LogP contribution in [0.4, 0.5) is 28.9 Å². The number of hydrogen-bond donors (Lipinski definition) is 2. The van der Waals surface area contributed by atoms with Gasteiger partial charge in [-0.05, 0) is 42.5 Å². The van der Waals surface area contributed by atoms with E-state index in [1.54, 1.807) is 24.3 Å². The van der Waals surface area contributed by atoms with Crippen LogP contribution in [0.15, 0.2) is 54.6 Å². The zero-order valence-corrected chi connectivity index (χ0v) is 17.3. The van der Waals surface area contributed by atoms with Crippen LogP contribution < -0.4 is 15.8 Å². The number of thiophene rings is 1. The summed E-state index contributed by atoms with van der Waals surface area (Å²) >= 11 is 0.709. The third-order valence-corrected chi connectivity index (χ3v) is 5.82. The number of fused-ring (bicyclic) bond motifs is 1. The van der Waals surface area contributed by atoms with Gasteiger partial charge in [0.05, 0.1) is 29.7 Å². The molecule has 4 aromatic rings. The molecule has 0 saturated heterocycles. The third kappa shape index (κ3) is 3.96. The van der Waals surface area contributed by atoms with Gasteiger partial charge in [-0.15, -0.1) is 11.3 Å². The van der Waals surface area contributed by atoms with Gasteiger partial charge in [0, 0.05) is 10.9 Å². The topological polar surface area (TPSA) is 77.2 Å². The molecule has 0 atom stereocenters. The number of nitrogen functional groups attached to an aromatic ring is 1. The van der Waals surface area contributed by atoms with E-state index >= 15 is 0 Å². The first-order chi connectivity index (χ1) is 15.2. The van der Waals surface area contributed by atoms with Crippen molar-refractivity contribution in [2.24, 2.45) is 0 Å². The van der Waals surface area contributed by atoms with E-state index in [1.165, 1.54) is 25.3 Å². The first kappa shape index (κ1) is 21.6. The number of para-hydroxylation sites is 1. The summed E-state index contributed by atoms with van der Waals surface area (Å²) in [6.07, 6.45) is -4.74. The number of ether oxygens (including phenoxy) is 1. The number of aromatic nitrogens is 1. The minimum Gasteiger partial charge on any atom is -0.497 e. The highest BCUT2D eigenvalue weighted by molar-refractivity contribution is 7.21. The average molecular weight is 461 g/mol. The third-order valence-electron chi connectivity index (χ3n) is 4.72. The van der Waals surface area contributed by atoms with Crippen molar-refractivity contribution in [1.29, 1.82) is 0 Å². The fourth-order valence-electron chi connectivity index (χ4n) is 3.16. The maximum atomic E-state index is 13.9. The number of alkyl halides is 3. The lowest BCUT2D eigenvalue weighted by atomic mass is 10.1. The molecule has 5 nitrogen and oxygen atoms in total. The number of carbonyl (C=O) groups excluding carboxylic acids is 1. The normalized spacial score (nSPS) is 11.5. The van der Waals surface area contributed by atoms with Gasteiger partial charge in [0.1, 0.15) is 21.3 Å². The number of nitrogens with one attached hydrogen (secondary N) is 1. The highest BCUT2D eigenvalue weighted by Gasteiger charge is 2.36. The van der Waals surface area contributed by atoms with Crippen molar-refractivity contribution in [3.05, 3.63) is 70.9 Å². The molecule has 0 saturated carbocycles. The van der Waals surface area contributed by atoms with Crippen molar-refractivity contribution >= 4 is 38.8 Å². The molecule has 0 radical (unpaired) electrons. The van der Waals surface area contributed by atoms with Gasteiger partial charge < -0.3 is 15.8 Å². The Morgan fingerprint density at radius 3 is 2.44 bits per heavy atom. The van der Waals surface area contributed by atoms with Gasteiger partial charge in [0.2, 0.25) is 0 Å². The van der Waals surface area contributed by atoms with Crippen LogP contribution in [0.2, 0.25) is 0 Å². The Balaban J connectivity index is 1.84. The number of methoxy groups -OCH3 is 1. The van der Waals surface area contributed by atoms with Crippen molar-refractivity contribution in [2.45, 2.75) is 6.18 Å². The number of nitrogens with zero attached hydrogens (tertiary/aromatic N) is 1. The summed E-state index contributed by atoms with van der Waals surface area (Å²) in [6.45, 7) is 0. The van der Waals surface area contributed by atoms with Gasteiger partial charge in [-0.25, -0.2) is 9.37 Å². The number of carbonyl (C=O) groups is 1. The highest BCUT2D eigenvalue weighted by Crippen LogP contribution is 2.43. The molecule has 2 aromatic heterocycles. The van der Waals surface area contributed by atoms with Crippen molar-refractivity contribution in [3.63, 3.8) is 0 Å². The monoisotopic (exact) mass is 461 g/mol. The molecule has 0 aliphatic rings. The van der Waals surface area contributed by atoms with Crippen LogP contribution in [0.25, 0.3) is 21.5 Å². The van der Waals surface area contributed by atoms with Crippen molar-refractivity contribution in [2.75, 3.05) is 18.2 Å². The zero-order valence-electron chi connectivity index (χ0n) is 16.5. The number of benzene rings is 2. The predicted octanol–water partition coefficient (Wildman–Crippen LogP) is 5.96. The van der Waals surface area contributed by atoms with Gasteiger partial charge in [0.15, 0.2) is 0 Å². The van der Waals surface area contributed by atoms with Gasteiger partial charge >= 0.3 is 6.18 Å². The molecule has 2 aromatic carbocycles. The smallest absolute Gasteiger partial charge is 0.417 e. The first-order valence-corrected chi connectivity index (χ1v) is 10.0. The number of amides is 1. The van der Waals surface area contributed by atoms with Crippen LogP contribution in [0.5, 0.6) is 5.75 Å². The minimum absolute atomic E-state index is 0.0539. The minimum atomic E-state index is -4.74. The van der Waals surface area contributed by atoms with Crippen molar-refractivity contribution in [1.82, 2.24) is 4.98 Å². The van der Waals surface area contributed by atoms with E-state index < -0.39 is 23.5 Å². The van der Waals surface area contributed by atoms with Crippen LogP contribution in [-0.4, -0.2) is 18.0 Å². The van der Waals surface area contributed by atoms with E-state index in [9.17, 15) is 22.4 Å². The van der Waals surface area contributed by atoms with Crippen LogP contribution in [-0.2, 0) is 6.18 Å². The van der Waals surface area contributed by atoms with Crippen LogP contribution >= 0.6 is 11.3 Å². The lowest BCUT2D eigenvalue weighted by Gasteiger charge is -2.11. The number of halogens is 4. The molecule has 0 aliphatic carbocycles. The second-order valence-corrected chi connectivity index (χ2v) is 7.74. The molecule has 0 fully saturated rings. The van der Waals surface area contributed by atoms with Crippen molar-refractivity contribution in [3.8, 4) is 17.0 Å². The van der Waals surface area contributed by atoms with E-state index in [1.807, 2.05) is 0 Å². The molecule has 0 bridgehead atoms. The van der Waals surface area contributed by atoms with Crippen molar-refractivity contribution < 1.29 is 27.1 Å². The molecular formula is C22H15F4N3O2S. The number of hydrogen-bond acceptors (Lipinski definition) is 5. The summed E-state index contributed by atoms with van der Waals surface area (Å²) in [5.41, 5.74) is 4.97. The standard InChI is InChI=1S/C22H15F4N3O2S/c1-31-12-8-6-11(7-9-12)16-10-13(22(24,25)26)17-18(27)19(32-21(17)29-16)20(30)28-15-5-3-2-4-14(15)23/h2-10H,27H2,1H3,(H,28,30). The quantitative estimate of drug-likeness (QED) is 0.368. The fourth-order valence-corrected chi connectivity index (χ4v) is 4.18. The van der Waals surface area contributed by atoms with Gasteiger partial charge in [-0.1, -0.05) is 12.1 Å². The van der Waals surface area contributed by atoms with E-state index in [4.69, 9.17) is 10.5 Å². The summed E-state index contributed by atoms with van der Waals surface area (Å²) in [5.74, 6) is -0.968. The van der Waals surface area contributed by atoms with Gasteiger partial charge in [-0.2, -0.15) is 13.2 Å². The molecule has 4 rings (SSSR count). The van der Waals surface area contributed by atoms with E-state index in [2.05, 4.69) is 10.3 Å². The Bertz CT molecular complexity index is 1320. The summed E-state index contributed by atoms with van der Waals surface area (Å²) in [7, 11) is 1.48. The molecule has 2 heterocycles. The van der Waals surface area contributed by atoms with Crippen LogP contribution in [0, 0.1) is 5.82 Å². The average Bonchev–Trinajstić information content (AvgIpc) is 3.10. The lowest BCUT2D eigenvalue weighted by Crippen LogP contribution is -2.13. The molecule has 0 unspecified atom stereocenters. The second kappa shape index (κ2) is 8.12. The predicted molar refractivity (Wildman–Crippen MR) is 115 cm³/mol.